The molecule has 3 heterocycles. The van der Waals surface area contributed by atoms with E-state index < -0.39 is 11.9 Å². The second-order valence-electron chi connectivity index (χ2n) is 8.01. The van der Waals surface area contributed by atoms with Gasteiger partial charge in [0.15, 0.2) is 0 Å². The summed E-state index contributed by atoms with van der Waals surface area (Å²) in [5, 5.41) is 0. The van der Waals surface area contributed by atoms with Gasteiger partial charge in [-0.25, -0.2) is 4.79 Å². The molecule has 1 saturated heterocycles. The van der Waals surface area contributed by atoms with Crippen molar-refractivity contribution in [2.75, 3.05) is 20.2 Å². The summed E-state index contributed by atoms with van der Waals surface area (Å²) in [6, 6.07) is 8.06. The summed E-state index contributed by atoms with van der Waals surface area (Å²) in [5.74, 6) is -1.35. The molecule has 1 fully saturated rings. The van der Waals surface area contributed by atoms with Gasteiger partial charge in [-0.05, 0) is 49.6 Å². The minimum atomic E-state index is -0.547. The molecule has 4 rings (SSSR count). The fourth-order valence-electron chi connectivity index (χ4n) is 4.26. The third kappa shape index (κ3) is 3.85. The van der Waals surface area contributed by atoms with Gasteiger partial charge in [0, 0.05) is 39.3 Å². The number of nitrogens with zero attached hydrogens (tertiary/aromatic N) is 3. The standard InChI is InChI=1S/C23H25N3O5/c1-24-11-5-7-19(24)22(29)26-12-4-3-6-16(26)10-13-31-23(30)15-8-9-17-18(14-15)21(28)25(2)20(17)27/h5,7-9,11,14,16H,3-4,6,10,12-13H2,1-2H3. The summed E-state index contributed by atoms with van der Waals surface area (Å²) in [7, 11) is 3.26. The SMILES string of the molecule is CN1C(=O)c2ccc(C(=O)OCCC3CCCCN3C(=O)c3cccn3C)cc2C1=O. The highest BCUT2D eigenvalue weighted by molar-refractivity contribution is 6.21. The minimum Gasteiger partial charge on any atom is -0.462 e. The third-order valence-electron chi connectivity index (χ3n) is 6.06. The monoisotopic (exact) mass is 423 g/mol. The molecule has 0 radical (unpaired) electrons. The molecule has 3 amide bonds. The maximum atomic E-state index is 12.9. The highest BCUT2D eigenvalue weighted by Crippen LogP contribution is 2.24. The topological polar surface area (TPSA) is 88.9 Å². The summed E-state index contributed by atoms with van der Waals surface area (Å²) in [6.45, 7) is 0.862. The Morgan fingerprint density at radius 1 is 1.06 bits per heavy atom. The number of imide groups is 1. The summed E-state index contributed by atoms with van der Waals surface area (Å²) in [6.07, 6.45) is 5.26. The van der Waals surface area contributed by atoms with E-state index in [4.69, 9.17) is 4.74 Å². The summed E-state index contributed by atoms with van der Waals surface area (Å²) >= 11 is 0. The Bertz CT molecular complexity index is 1060. The number of hydrogen-bond donors (Lipinski definition) is 0. The van der Waals surface area contributed by atoms with E-state index in [9.17, 15) is 19.2 Å². The van der Waals surface area contributed by atoms with Gasteiger partial charge in [0.2, 0.25) is 0 Å². The number of ether oxygens (including phenoxy) is 1. The van der Waals surface area contributed by atoms with Crippen molar-refractivity contribution in [2.45, 2.75) is 31.7 Å². The van der Waals surface area contributed by atoms with E-state index in [-0.39, 0.29) is 35.6 Å². The Balaban J connectivity index is 1.38. The van der Waals surface area contributed by atoms with Crippen LogP contribution in [0.15, 0.2) is 36.5 Å². The van der Waals surface area contributed by atoms with Crippen LogP contribution in [0.5, 0.6) is 0 Å². The van der Waals surface area contributed by atoms with Gasteiger partial charge < -0.3 is 14.2 Å². The maximum Gasteiger partial charge on any atom is 0.338 e. The average Bonchev–Trinajstić information content (AvgIpc) is 3.30. The van der Waals surface area contributed by atoms with Gasteiger partial charge in [-0.1, -0.05) is 0 Å². The number of esters is 1. The Kier molecular flexibility index (Phi) is 5.63. The molecule has 1 aromatic heterocycles. The third-order valence-corrected chi connectivity index (χ3v) is 6.06. The lowest BCUT2D eigenvalue weighted by Crippen LogP contribution is -2.44. The van der Waals surface area contributed by atoms with E-state index in [1.165, 1.54) is 25.2 Å². The zero-order chi connectivity index (χ0) is 22.1. The van der Waals surface area contributed by atoms with E-state index in [0.29, 0.717) is 24.2 Å². The van der Waals surface area contributed by atoms with Crippen LogP contribution in [0.3, 0.4) is 0 Å². The molecule has 0 N–H and O–H groups in total. The van der Waals surface area contributed by atoms with Crippen molar-refractivity contribution in [3.05, 3.63) is 58.9 Å². The van der Waals surface area contributed by atoms with Crippen LogP contribution in [0.4, 0.5) is 0 Å². The number of rotatable bonds is 5. The van der Waals surface area contributed by atoms with Crippen molar-refractivity contribution in [3.8, 4) is 0 Å². The van der Waals surface area contributed by atoms with Crippen LogP contribution in [-0.4, -0.2) is 64.3 Å². The summed E-state index contributed by atoms with van der Waals surface area (Å²) < 4.78 is 7.24. The van der Waals surface area contributed by atoms with Crippen molar-refractivity contribution < 1.29 is 23.9 Å². The second kappa shape index (κ2) is 8.37. The van der Waals surface area contributed by atoms with Gasteiger partial charge in [0.05, 0.1) is 23.3 Å². The van der Waals surface area contributed by atoms with Gasteiger partial charge in [0.1, 0.15) is 5.69 Å². The smallest absolute Gasteiger partial charge is 0.338 e. The fourth-order valence-corrected chi connectivity index (χ4v) is 4.26. The van der Waals surface area contributed by atoms with E-state index in [1.807, 2.05) is 34.8 Å². The van der Waals surface area contributed by atoms with Gasteiger partial charge >= 0.3 is 5.97 Å². The van der Waals surface area contributed by atoms with Crippen LogP contribution < -0.4 is 0 Å². The second-order valence-corrected chi connectivity index (χ2v) is 8.01. The molecular formula is C23H25N3O5. The Morgan fingerprint density at radius 3 is 2.58 bits per heavy atom. The van der Waals surface area contributed by atoms with Crippen LogP contribution in [0.1, 0.15) is 67.2 Å². The normalized spacial score (nSPS) is 18.3. The zero-order valence-corrected chi connectivity index (χ0v) is 17.7. The first-order valence-electron chi connectivity index (χ1n) is 10.4. The number of carbonyl (C=O) groups is 4. The zero-order valence-electron chi connectivity index (χ0n) is 17.7. The van der Waals surface area contributed by atoms with Gasteiger partial charge in [-0.3, -0.25) is 19.3 Å². The van der Waals surface area contributed by atoms with Crippen LogP contribution >= 0.6 is 0 Å². The molecule has 8 heteroatoms. The molecule has 0 spiro atoms. The van der Waals surface area contributed by atoms with Crippen LogP contribution in [0.2, 0.25) is 0 Å². The molecule has 1 unspecified atom stereocenters. The predicted octanol–water partition coefficient (Wildman–Crippen LogP) is 2.49. The number of amides is 3. The largest absolute Gasteiger partial charge is 0.462 e. The number of piperidine rings is 1. The van der Waals surface area contributed by atoms with Gasteiger partial charge in [-0.2, -0.15) is 0 Å². The van der Waals surface area contributed by atoms with Gasteiger partial charge in [-0.15, -0.1) is 0 Å². The highest BCUT2D eigenvalue weighted by atomic mass is 16.5. The summed E-state index contributed by atoms with van der Waals surface area (Å²) in [5.41, 5.74) is 1.39. The van der Waals surface area contributed by atoms with Crippen molar-refractivity contribution >= 4 is 23.7 Å². The van der Waals surface area contributed by atoms with Crippen molar-refractivity contribution in [3.63, 3.8) is 0 Å². The number of carbonyl (C=O) groups excluding carboxylic acids is 4. The predicted molar refractivity (Wildman–Crippen MR) is 112 cm³/mol. The lowest BCUT2D eigenvalue weighted by atomic mass is 9.99. The number of aryl methyl sites for hydroxylation is 1. The van der Waals surface area contributed by atoms with Crippen LogP contribution in [-0.2, 0) is 11.8 Å². The molecule has 162 valence electrons. The van der Waals surface area contributed by atoms with Gasteiger partial charge in [0.25, 0.3) is 17.7 Å². The molecule has 1 atom stereocenters. The molecule has 0 saturated carbocycles. The molecule has 0 aliphatic carbocycles. The number of aromatic nitrogens is 1. The van der Waals surface area contributed by atoms with Crippen molar-refractivity contribution in [1.29, 1.82) is 0 Å². The minimum absolute atomic E-state index is 0.00514. The fraction of sp³-hybridized carbons (Fsp3) is 0.391. The number of likely N-dealkylation sites (tertiary alicyclic amines) is 1. The summed E-state index contributed by atoms with van der Waals surface area (Å²) in [4.78, 5) is 52.4. The Morgan fingerprint density at radius 2 is 1.84 bits per heavy atom. The first kappa shape index (κ1) is 20.8. The lowest BCUT2D eigenvalue weighted by Gasteiger charge is -2.35. The van der Waals surface area contributed by atoms with Crippen LogP contribution in [0.25, 0.3) is 0 Å². The number of hydrogen-bond acceptors (Lipinski definition) is 5. The molecule has 2 aromatic rings. The molecule has 2 aliphatic rings. The molecular weight excluding hydrogens is 398 g/mol. The van der Waals surface area contributed by atoms with Crippen molar-refractivity contribution in [1.82, 2.24) is 14.4 Å². The van der Waals surface area contributed by atoms with E-state index in [1.54, 1.807) is 0 Å². The lowest BCUT2D eigenvalue weighted by molar-refractivity contribution is 0.0405. The molecule has 8 nitrogen and oxygen atoms in total. The molecule has 0 bridgehead atoms. The molecule has 1 aromatic carbocycles. The highest BCUT2D eigenvalue weighted by Gasteiger charge is 2.33. The molecule has 31 heavy (non-hydrogen) atoms. The van der Waals surface area contributed by atoms with E-state index in [2.05, 4.69) is 0 Å². The van der Waals surface area contributed by atoms with E-state index in [0.717, 1.165) is 24.2 Å². The molecule has 2 aliphatic heterocycles. The Hall–Kier alpha value is -3.42. The number of fused-ring (bicyclic) bond motifs is 1. The van der Waals surface area contributed by atoms with Crippen molar-refractivity contribution in [2.24, 2.45) is 7.05 Å². The van der Waals surface area contributed by atoms with E-state index >= 15 is 0 Å². The van der Waals surface area contributed by atoms with Crippen LogP contribution in [0, 0.1) is 0 Å². The Labute approximate surface area is 180 Å². The average molecular weight is 423 g/mol. The first-order chi connectivity index (χ1) is 14.9. The quantitative estimate of drug-likeness (QED) is 0.545. The maximum absolute atomic E-state index is 12.9. The first-order valence-corrected chi connectivity index (χ1v) is 10.4. The number of benzene rings is 1.